The fourth-order valence-corrected chi connectivity index (χ4v) is 5.10. The van der Waals surface area contributed by atoms with Crippen molar-refractivity contribution in [1.29, 1.82) is 0 Å². The van der Waals surface area contributed by atoms with Crippen LogP contribution in [0.1, 0.15) is 79.7 Å². The largest absolute Gasteiger partial charge is 0.359 e. The number of nitrogens with one attached hydrogen (secondary N) is 1. The second kappa shape index (κ2) is 8.13. The fourth-order valence-electron chi connectivity index (χ4n) is 4.07. The molecule has 1 aromatic rings. The summed E-state index contributed by atoms with van der Waals surface area (Å²) >= 11 is 1.56. The molecule has 0 unspecified atom stereocenters. The monoisotopic (exact) mass is 407 g/mol. The predicted octanol–water partition coefficient (Wildman–Crippen LogP) is 4.26. The summed E-state index contributed by atoms with van der Waals surface area (Å²) in [6.45, 7) is 14.7. The molecule has 1 fully saturated rings. The Kier molecular flexibility index (Phi) is 6.64. The quantitative estimate of drug-likeness (QED) is 0.792. The molecule has 2 atom stereocenters. The molecule has 1 heterocycles. The lowest BCUT2D eigenvalue weighted by Gasteiger charge is -2.38. The number of aromatic nitrogens is 1. The number of amides is 2. The van der Waals surface area contributed by atoms with Crippen LogP contribution in [0.15, 0.2) is 11.2 Å². The Morgan fingerprint density at radius 3 is 2.50 bits per heavy atom. The third kappa shape index (κ3) is 4.12. The van der Waals surface area contributed by atoms with E-state index in [1.54, 1.807) is 18.6 Å². The second-order valence-electron chi connectivity index (χ2n) is 9.83. The van der Waals surface area contributed by atoms with E-state index >= 15 is 0 Å². The van der Waals surface area contributed by atoms with Gasteiger partial charge in [0.15, 0.2) is 0 Å². The van der Waals surface area contributed by atoms with Crippen LogP contribution in [0.5, 0.6) is 0 Å². The van der Waals surface area contributed by atoms with Gasteiger partial charge in [-0.3, -0.25) is 13.5 Å². The summed E-state index contributed by atoms with van der Waals surface area (Å²) in [5.74, 6) is -0.236. The summed E-state index contributed by atoms with van der Waals surface area (Å²) < 4.78 is 3.02. The molecule has 1 aromatic heterocycles. The molecule has 28 heavy (non-hydrogen) atoms. The van der Waals surface area contributed by atoms with Gasteiger partial charge in [0.25, 0.3) is 5.91 Å². The molecule has 2 amide bonds. The maximum absolute atomic E-state index is 13.4. The van der Waals surface area contributed by atoms with E-state index < -0.39 is 10.8 Å². The lowest BCUT2D eigenvalue weighted by atomic mass is 9.65. The van der Waals surface area contributed by atoms with E-state index in [-0.39, 0.29) is 23.3 Å². The van der Waals surface area contributed by atoms with Crippen LogP contribution in [0.3, 0.4) is 0 Å². The topological polar surface area (TPSA) is 63.5 Å². The minimum atomic E-state index is -0.636. The molecule has 1 saturated carbocycles. The molecule has 5 nitrogen and oxygen atoms in total. The number of carbonyl (C=O) groups is 2. The summed E-state index contributed by atoms with van der Waals surface area (Å²) in [5.41, 5.74) is 0.0398. The number of hydrogen-bond donors (Lipinski definition) is 1. The molecule has 6 heteroatoms. The lowest BCUT2D eigenvalue weighted by Crippen LogP contribution is -2.44. The van der Waals surface area contributed by atoms with Crippen molar-refractivity contribution in [3.05, 3.63) is 16.4 Å². The molecule has 1 aliphatic rings. The van der Waals surface area contributed by atoms with Crippen molar-refractivity contribution < 1.29 is 9.59 Å². The Morgan fingerprint density at radius 1 is 1.32 bits per heavy atom. The third-order valence-electron chi connectivity index (χ3n) is 6.66. The SMILES string of the molecule is CCCCc1cn(C(C)(C)C)s/c1=N\C(=O)[C@@]1(C)CC[C@@H](C(=O)NC)C1(C)C. The van der Waals surface area contributed by atoms with Crippen LogP contribution in [0.25, 0.3) is 0 Å². The molecule has 0 spiro atoms. The minimum absolute atomic E-state index is 0.0202. The molecule has 1 aliphatic carbocycles. The first-order valence-electron chi connectivity index (χ1n) is 10.4. The van der Waals surface area contributed by atoms with Crippen molar-refractivity contribution in [3.8, 4) is 0 Å². The Labute approximate surface area is 173 Å². The van der Waals surface area contributed by atoms with Gasteiger partial charge in [-0.15, -0.1) is 0 Å². The number of hydrogen-bond acceptors (Lipinski definition) is 3. The fraction of sp³-hybridized carbons (Fsp3) is 0.773. The molecule has 1 N–H and O–H groups in total. The number of nitrogens with zero attached hydrogens (tertiary/aromatic N) is 2. The van der Waals surface area contributed by atoms with Crippen LogP contribution in [-0.2, 0) is 21.5 Å². The number of unbranched alkanes of at least 4 members (excludes halogenated alkanes) is 1. The highest BCUT2D eigenvalue weighted by Crippen LogP contribution is 2.56. The van der Waals surface area contributed by atoms with Gasteiger partial charge >= 0.3 is 0 Å². The Morgan fingerprint density at radius 2 is 1.96 bits per heavy atom. The minimum Gasteiger partial charge on any atom is -0.359 e. The summed E-state index contributed by atoms with van der Waals surface area (Å²) in [4.78, 5) is 30.4. The first kappa shape index (κ1) is 22.9. The van der Waals surface area contributed by atoms with Crippen LogP contribution in [0, 0.1) is 16.7 Å². The predicted molar refractivity (Wildman–Crippen MR) is 115 cm³/mol. The molecule has 0 saturated heterocycles. The van der Waals surface area contributed by atoms with Crippen molar-refractivity contribution in [2.45, 2.75) is 86.1 Å². The zero-order valence-corrected chi connectivity index (χ0v) is 19.6. The van der Waals surface area contributed by atoms with E-state index in [0.717, 1.165) is 35.9 Å². The van der Waals surface area contributed by atoms with Crippen LogP contribution >= 0.6 is 11.5 Å². The van der Waals surface area contributed by atoms with E-state index in [9.17, 15) is 9.59 Å². The highest BCUT2D eigenvalue weighted by atomic mass is 32.1. The Hall–Kier alpha value is -1.43. The van der Waals surface area contributed by atoms with Crippen molar-refractivity contribution in [2.75, 3.05) is 7.05 Å². The lowest BCUT2D eigenvalue weighted by molar-refractivity contribution is -0.136. The highest BCUT2D eigenvalue weighted by molar-refractivity contribution is 7.04. The van der Waals surface area contributed by atoms with E-state index in [0.29, 0.717) is 6.42 Å². The average Bonchev–Trinajstić information content (AvgIpc) is 3.12. The number of rotatable bonds is 5. The Balaban J connectivity index is 2.45. The van der Waals surface area contributed by atoms with Crippen molar-refractivity contribution in [3.63, 3.8) is 0 Å². The standard InChI is InChI=1S/C22H37N3O2S/c1-9-10-11-15-14-25(20(2,3)4)28-18(15)24-19(27)22(7)13-12-16(17(26)23-8)21(22,5)6/h14,16H,9-13H2,1-8H3,(H,23,26)/b24-18-/t16-,22+/m0/s1. The van der Waals surface area contributed by atoms with Gasteiger partial charge in [0.1, 0.15) is 4.67 Å². The summed E-state index contributed by atoms with van der Waals surface area (Å²) in [5, 5.41) is 2.76. The highest BCUT2D eigenvalue weighted by Gasteiger charge is 2.57. The number of aryl methyl sites for hydroxylation is 1. The van der Waals surface area contributed by atoms with Gasteiger partial charge in [0.2, 0.25) is 5.91 Å². The Bertz CT molecular complexity index is 797. The van der Waals surface area contributed by atoms with Gasteiger partial charge in [-0.1, -0.05) is 34.1 Å². The van der Waals surface area contributed by atoms with Crippen molar-refractivity contribution >= 4 is 23.3 Å². The maximum atomic E-state index is 13.4. The molecule has 2 rings (SSSR count). The van der Waals surface area contributed by atoms with Crippen LogP contribution in [0.4, 0.5) is 0 Å². The van der Waals surface area contributed by atoms with Crippen molar-refractivity contribution in [1.82, 2.24) is 9.27 Å². The number of carbonyl (C=O) groups excluding carboxylic acids is 2. The summed E-state index contributed by atoms with van der Waals surface area (Å²) in [6.07, 6.45) is 6.69. The third-order valence-corrected chi connectivity index (χ3v) is 8.03. The average molecular weight is 408 g/mol. The molecular formula is C22H37N3O2S. The van der Waals surface area contributed by atoms with E-state index in [1.165, 1.54) is 0 Å². The second-order valence-corrected chi connectivity index (χ2v) is 10.8. The van der Waals surface area contributed by atoms with Gasteiger partial charge in [0.05, 0.1) is 5.41 Å². The van der Waals surface area contributed by atoms with Gasteiger partial charge in [-0.2, -0.15) is 0 Å². The van der Waals surface area contributed by atoms with Crippen molar-refractivity contribution in [2.24, 2.45) is 21.7 Å². The molecule has 0 radical (unpaired) electrons. The van der Waals surface area contributed by atoms with Gasteiger partial charge in [-0.25, -0.2) is 4.99 Å². The molecule has 0 aliphatic heterocycles. The summed E-state index contributed by atoms with van der Waals surface area (Å²) in [6, 6.07) is 0. The first-order chi connectivity index (χ1) is 12.9. The van der Waals surface area contributed by atoms with Crippen LogP contribution in [-0.4, -0.2) is 22.8 Å². The molecule has 158 valence electrons. The van der Waals surface area contributed by atoms with E-state index in [1.807, 2.05) is 20.8 Å². The summed E-state index contributed by atoms with van der Waals surface area (Å²) in [7, 11) is 1.66. The molecule has 0 aromatic carbocycles. The zero-order chi connectivity index (χ0) is 21.3. The van der Waals surface area contributed by atoms with Gasteiger partial charge in [-0.05, 0) is 63.4 Å². The van der Waals surface area contributed by atoms with E-state index in [2.05, 4.69) is 48.2 Å². The van der Waals surface area contributed by atoms with Crippen LogP contribution < -0.4 is 9.99 Å². The zero-order valence-electron chi connectivity index (χ0n) is 18.8. The smallest absolute Gasteiger partial charge is 0.253 e. The first-order valence-corrected chi connectivity index (χ1v) is 11.2. The van der Waals surface area contributed by atoms with E-state index in [4.69, 9.17) is 0 Å². The molecular weight excluding hydrogens is 370 g/mol. The van der Waals surface area contributed by atoms with Gasteiger partial charge < -0.3 is 5.32 Å². The maximum Gasteiger partial charge on any atom is 0.253 e. The van der Waals surface area contributed by atoms with Gasteiger partial charge in [0, 0.05) is 30.3 Å². The van der Waals surface area contributed by atoms with Crippen LogP contribution in [0.2, 0.25) is 0 Å². The normalized spacial score (nSPS) is 25.1. The molecule has 0 bridgehead atoms.